The summed E-state index contributed by atoms with van der Waals surface area (Å²) >= 11 is 3.40. The summed E-state index contributed by atoms with van der Waals surface area (Å²) < 4.78 is 7.60. The highest BCUT2D eigenvalue weighted by Gasteiger charge is 2.15. The monoisotopic (exact) mass is 441 g/mol. The van der Waals surface area contributed by atoms with E-state index in [1.165, 1.54) is 22.7 Å². The van der Waals surface area contributed by atoms with Crippen LogP contribution in [0.25, 0.3) is 11.6 Å². The van der Waals surface area contributed by atoms with Gasteiger partial charge in [-0.3, -0.25) is 4.79 Å². The molecule has 2 aromatic heterocycles. The minimum absolute atomic E-state index is 0.139. The van der Waals surface area contributed by atoms with E-state index >= 15 is 0 Å². The molecule has 0 fully saturated rings. The Labute approximate surface area is 149 Å². The number of furan rings is 1. The smallest absolute Gasteiger partial charge is 0.234 e. The number of nitrogens with two attached hydrogens (primary N) is 1. The standard InChI is InChI=1S/C14H12IN5O2S/c15-9-3-1-4-10(7-9)17-12(21)8-23-14-19-18-13(20(14)16)11-5-2-6-22-11/h1-7H,8,16H2,(H,17,21). The van der Waals surface area contributed by atoms with Crippen LogP contribution in [0.1, 0.15) is 0 Å². The summed E-state index contributed by atoms with van der Waals surface area (Å²) in [6.45, 7) is 0. The summed E-state index contributed by atoms with van der Waals surface area (Å²) in [6, 6.07) is 11.1. The number of nitrogens with zero attached hydrogens (tertiary/aromatic N) is 3. The van der Waals surface area contributed by atoms with Crippen molar-refractivity contribution >= 4 is 45.9 Å². The van der Waals surface area contributed by atoms with E-state index in [2.05, 4.69) is 38.1 Å². The molecule has 0 saturated heterocycles. The van der Waals surface area contributed by atoms with E-state index in [4.69, 9.17) is 10.3 Å². The topological polar surface area (TPSA) is 99.0 Å². The van der Waals surface area contributed by atoms with Gasteiger partial charge >= 0.3 is 0 Å². The molecule has 2 heterocycles. The molecule has 23 heavy (non-hydrogen) atoms. The second-order valence-corrected chi connectivity index (χ2v) is 6.69. The lowest BCUT2D eigenvalue weighted by atomic mass is 10.3. The number of amides is 1. The highest BCUT2D eigenvalue weighted by atomic mass is 127. The molecule has 3 aromatic rings. The van der Waals surface area contributed by atoms with Gasteiger partial charge in [-0.2, -0.15) is 0 Å². The Morgan fingerprint density at radius 1 is 1.35 bits per heavy atom. The van der Waals surface area contributed by atoms with Crippen molar-refractivity contribution in [1.82, 2.24) is 14.9 Å². The molecule has 0 aliphatic rings. The van der Waals surface area contributed by atoms with E-state index in [1.807, 2.05) is 24.3 Å². The molecule has 0 aliphatic carbocycles. The fourth-order valence-corrected chi connectivity index (χ4v) is 3.04. The molecule has 0 unspecified atom stereocenters. The van der Waals surface area contributed by atoms with E-state index in [-0.39, 0.29) is 11.7 Å². The summed E-state index contributed by atoms with van der Waals surface area (Å²) in [6.07, 6.45) is 1.53. The number of thioether (sulfide) groups is 1. The first-order valence-electron chi connectivity index (χ1n) is 6.56. The average molecular weight is 441 g/mol. The molecule has 1 amide bonds. The number of nitrogen functional groups attached to an aromatic ring is 1. The van der Waals surface area contributed by atoms with Gasteiger partial charge in [0.2, 0.25) is 16.9 Å². The maximum absolute atomic E-state index is 12.0. The SMILES string of the molecule is Nn1c(SCC(=O)Nc2cccc(I)c2)nnc1-c1ccco1. The third-order valence-corrected chi connectivity index (χ3v) is 4.46. The van der Waals surface area contributed by atoms with E-state index < -0.39 is 0 Å². The molecule has 0 saturated carbocycles. The van der Waals surface area contributed by atoms with E-state index in [9.17, 15) is 4.79 Å². The van der Waals surface area contributed by atoms with Gasteiger partial charge in [0.1, 0.15) is 0 Å². The summed E-state index contributed by atoms with van der Waals surface area (Å²) in [5.41, 5.74) is 0.757. The Bertz CT molecular complexity index is 818. The van der Waals surface area contributed by atoms with Crippen molar-refractivity contribution < 1.29 is 9.21 Å². The molecule has 0 bridgehead atoms. The Hall–Kier alpha value is -2.01. The van der Waals surface area contributed by atoms with Crippen LogP contribution in [0.5, 0.6) is 0 Å². The summed E-state index contributed by atoms with van der Waals surface area (Å²) in [7, 11) is 0. The first-order valence-corrected chi connectivity index (χ1v) is 8.62. The van der Waals surface area contributed by atoms with Crippen molar-refractivity contribution in [2.45, 2.75) is 5.16 Å². The van der Waals surface area contributed by atoms with E-state index in [0.717, 1.165) is 9.26 Å². The maximum atomic E-state index is 12.0. The summed E-state index contributed by atoms with van der Waals surface area (Å²) in [5.74, 6) is 6.91. The number of benzene rings is 1. The fraction of sp³-hybridized carbons (Fsp3) is 0.0714. The molecule has 0 spiro atoms. The second-order valence-electron chi connectivity index (χ2n) is 4.50. The van der Waals surface area contributed by atoms with Gasteiger partial charge in [0.25, 0.3) is 0 Å². The number of aromatic nitrogens is 3. The Morgan fingerprint density at radius 2 is 2.22 bits per heavy atom. The third kappa shape index (κ3) is 3.85. The van der Waals surface area contributed by atoms with Gasteiger partial charge in [-0.1, -0.05) is 17.8 Å². The lowest BCUT2D eigenvalue weighted by molar-refractivity contribution is -0.113. The van der Waals surface area contributed by atoms with Crippen molar-refractivity contribution in [3.05, 3.63) is 46.2 Å². The number of halogens is 1. The number of rotatable bonds is 5. The average Bonchev–Trinajstić information content (AvgIpc) is 3.15. The number of carbonyl (C=O) groups excluding carboxylic acids is 1. The van der Waals surface area contributed by atoms with E-state index in [0.29, 0.717) is 16.7 Å². The zero-order valence-corrected chi connectivity index (χ0v) is 14.7. The normalized spacial score (nSPS) is 10.7. The van der Waals surface area contributed by atoms with Crippen molar-refractivity contribution in [3.8, 4) is 11.6 Å². The van der Waals surface area contributed by atoms with Crippen molar-refractivity contribution in [2.24, 2.45) is 0 Å². The van der Waals surface area contributed by atoms with Crippen LogP contribution in [-0.4, -0.2) is 26.5 Å². The zero-order valence-electron chi connectivity index (χ0n) is 11.8. The Morgan fingerprint density at radius 3 is 2.96 bits per heavy atom. The highest BCUT2D eigenvalue weighted by molar-refractivity contribution is 14.1. The predicted molar refractivity (Wildman–Crippen MR) is 96.4 cm³/mol. The van der Waals surface area contributed by atoms with Gasteiger partial charge in [0, 0.05) is 9.26 Å². The van der Waals surface area contributed by atoms with Gasteiger partial charge in [0.05, 0.1) is 12.0 Å². The van der Waals surface area contributed by atoms with Gasteiger partial charge in [-0.15, -0.1) is 10.2 Å². The molecular formula is C14H12IN5O2S. The van der Waals surface area contributed by atoms with Crippen molar-refractivity contribution in [1.29, 1.82) is 0 Å². The van der Waals surface area contributed by atoms with Crippen LogP contribution in [0.3, 0.4) is 0 Å². The van der Waals surface area contributed by atoms with Crippen LogP contribution in [0.4, 0.5) is 5.69 Å². The van der Waals surface area contributed by atoms with Gasteiger partial charge < -0.3 is 15.6 Å². The molecule has 0 aliphatic heterocycles. The minimum Gasteiger partial charge on any atom is -0.461 e. The van der Waals surface area contributed by atoms with E-state index in [1.54, 1.807) is 12.1 Å². The highest BCUT2D eigenvalue weighted by Crippen LogP contribution is 2.22. The van der Waals surface area contributed by atoms with Crippen LogP contribution >= 0.6 is 34.4 Å². The van der Waals surface area contributed by atoms with Gasteiger partial charge in [-0.25, -0.2) is 4.68 Å². The second kappa shape index (κ2) is 7.04. The number of nitrogens with one attached hydrogen (secondary N) is 1. The fourth-order valence-electron chi connectivity index (χ4n) is 1.84. The Balaban J connectivity index is 1.61. The quantitative estimate of drug-likeness (QED) is 0.359. The lowest BCUT2D eigenvalue weighted by Gasteiger charge is -2.05. The van der Waals surface area contributed by atoms with Crippen LogP contribution in [0.2, 0.25) is 0 Å². The summed E-state index contributed by atoms with van der Waals surface area (Å²) in [4.78, 5) is 12.0. The molecule has 118 valence electrons. The van der Waals surface area contributed by atoms with Gasteiger partial charge in [-0.05, 0) is 52.9 Å². The summed E-state index contributed by atoms with van der Waals surface area (Å²) in [5, 5.41) is 11.2. The lowest BCUT2D eigenvalue weighted by Crippen LogP contribution is -2.16. The largest absolute Gasteiger partial charge is 0.461 e. The number of anilines is 1. The molecule has 3 N–H and O–H groups in total. The zero-order chi connectivity index (χ0) is 16.2. The number of carbonyl (C=O) groups is 1. The predicted octanol–water partition coefficient (Wildman–Crippen LogP) is 2.59. The number of hydrogen-bond donors (Lipinski definition) is 2. The maximum Gasteiger partial charge on any atom is 0.234 e. The van der Waals surface area contributed by atoms with Crippen molar-refractivity contribution in [3.63, 3.8) is 0 Å². The molecular weight excluding hydrogens is 429 g/mol. The molecule has 3 rings (SSSR count). The third-order valence-electron chi connectivity index (χ3n) is 2.85. The molecule has 9 heteroatoms. The minimum atomic E-state index is -0.139. The molecule has 1 aromatic carbocycles. The first-order chi connectivity index (χ1) is 11.1. The van der Waals surface area contributed by atoms with Gasteiger partial charge in [0.15, 0.2) is 5.76 Å². The van der Waals surface area contributed by atoms with Crippen LogP contribution < -0.4 is 11.2 Å². The van der Waals surface area contributed by atoms with Crippen molar-refractivity contribution in [2.75, 3.05) is 16.9 Å². The Kier molecular flexibility index (Phi) is 4.86. The van der Waals surface area contributed by atoms with Crippen LogP contribution in [0, 0.1) is 3.57 Å². The molecule has 0 atom stereocenters. The first kappa shape index (κ1) is 15.9. The number of hydrogen-bond acceptors (Lipinski definition) is 6. The van der Waals surface area contributed by atoms with Crippen LogP contribution in [0.15, 0.2) is 52.2 Å². The molecule has 0 radical (unpaired) electrons. The molecule has 7 nitrogen and oxygen atoms in total. The van der Waals surface area contributed by atoms with Crippen LogP contribution in [-0.2, 0) is 4.79 Å².